The largest absolute Gasteiger partial charge is 0.478 e. The summed E-state index contributed by atoms with van der Waals surface area (Å²) < 4.78 is 5.10. The molecule has 0 radical (unpaired) electrons. The number of amides is 1. The van der Waals surface area contributed by atoms with E-state index in [1.165, 1.54) is 30.2 Å². The van der Waals surface area contributed by atoms with E-state index in [0.717, 1.165) is 0 Å². The molecule has 1 aromatic heterocycles. The van der Waals surface area contributed by atoms with E-state index in [9.17, 15) is 9.59 Å². The minimum Gasteiger partial charge on any atom is -0.478 e. The van der Waals surface area contributed by atoms with Crippen molar-refractivity contribution in [2.45, 2.75) is 11.4 Å². The van der Waals surface area contributed by atoms with Gasteiger partial charge in [-0.3, -0.25) is 4.79 Å². The number of rotatable bonds is 6. The second-order valence-electron chi connectivity index (χ2n) is 4.09. The number of hydrogen-bond donors (Lipinski definition) is 2. The van der Waals surface area contributed by atoms with Crippen molar-refractivity contribution < 1.29 is 19.1 Å². The van der Waals surface area contributed by atoms with Gasteiger partial charge in [0.15, 0.2) is 0 Å². The fraction of sp³-hybridized carbons (Fsp3) is 0.143. The lowest BCUT2D eigenvalue weighted by Gasteiger charge is -2.05. The van der Waals surface area contributed by atoms with Crippen LogP contribution < -0.4 is 5.32 Å². The Labute approximate surface area is 130 Å². The van der Waals surface area contributed by atoms with Crippen molar-refractivity contribution in [2.24, 2.45) is 0 Å². The molecule has 1 aromatic carbocycles. The molecular formula is C14H12ClNO4S. The van der Waals surface area contributed by atoms with Gasteiger partial charge in [0, 0.05) is 4.90 Å². The van der Waals surface area contributed by atoms with Crippen LogP contribution in [-0.4, -0.2) is 22.7 Å². The molecule has 0 unspecified atom stereocenters. The predicted molar refractivity (Wildman–Crippen MR) is 79.7 cm³/mol. The van der Waals surface area contributed by atoms with Crippen LogP contribution in [0.1, 0.15) is 16.1 Å². The SMILES string of the molecule is O=C(CSc1ccc(Cl)c(C(=O)O)c1)NCc1ccco1. The zero-order valence-electron chi connectivity index (χ0n) is 10.8. The Morgan fingerprint density at radius 1 is 1.33 bits per heavy atom. The van der Waals surface area contributed by atoms with Crippen molar-refractivity contribution in [3.63, 3.8) is 0 Å². The third-order valence-corrected chi connectivity index (χ3v) is 3.90. The molecule has 1 amide bonds. The molecule has 0 aliphatic rings. The Morgan fingerprint density at radius 2 is 2.14 bits per heavy atom. The van der Waals surface area contributed by atoms with Crippen molar-refractivity contribution in [1.82, 2.24) is 5.32 Å². The molecule has 0 fully saturated rings. The van der Waals surface area contributed by atoms with Crippen molar-refractivity contribution in [3.05, 3.63) is 52.9 Å². The summed E-state index contributed by atoms with van der Waals surface area (Å²) in [4.78, 5) is 23.3. The number of carbonyl (C=O) groups is 2. The molecule has 2 rings (SSSR count). The maximum Gasteiger partial charge on any atom is 0.337 e. The van der Waals surface area contributed by atoms with E-state index in [0.29, 0.717) is 17.2 Å². The average molecular weight is 326 g/mol. The molecule has 2 N–H and O–H groups in total. The summed E-state index contributed by atoms with van der Waals surface area (Å²) in [6.07, 6.45) is 1.54. The topological polar surface area (TPSA) is 79.5 Å². The van der Waals surface area contributed by atoms with E-state index in [1.807, 2.05) is 0 Å². The Balaban J connectivity index is 1.86. The van der Waals surface area contributed by atoms with Crippen LogP contribution in [0.2, 0.25) is 5.02 Å². The van der Waals surface area contributed by atoms with Gasteiger partial charge < -0.3 is 14.8 Å². The molecule has 0 bridgehead atoms. The predicted octanol–water partition coefficient (Wildman–Crippen LogP) is 3.04. The molecule has 1 heterocycles. The van der Waals surface area contributed by atoms with Crippen LogP contribution >= 0.6 is 23.4 Å². The Kier molecular flexibility index (Phi) is 5.30. The third-order valence-electron chi connectivity index (χ3n) is 2.58. The lowest BCUT2D eigenvalue weighted by atomic mass is 10.2. The number of halogens is 1. The van der Waals surface area contributed by atoms with E-state index in [-0.39, 0.29) is 22.2 Å². The summed E-state index contributed by atoms with van der Waals surface area (Å²) in [6, 6.07) is 8.16. The number of carbonyl (C=O) groups excluding carboxylic acids is 1. The van der Waals surface area contributed by atoms with Gasteiger partial charge in [0.1, 0.15) is 5.76 Å². The van der Waals surface area contributed by atoms with Crippen molar-refractivity contribution in [2.75, 3.05) is 5.75 Å². The fourth-order valence-corrected chi connectivity index (χ4v) is 2.52. The zero-order valence-corrected chi connectivity index (χ0v) is 12.4. The van der Waals surface area contributed by atoms with Gasteiger partial charge in [-0.1, -0.05) is 11.6 Å². The number of carboxylic acid groups (broad SMARTS) is 1. The molecule has 2 aromatic rings. The van der Waals surface area contributed by atoms with Crippen LogP contribution in [0.5, 0.6) is 0 Å². The number of hydrogen-bond acceptors (Lipinski definition) is 4. The normalized spacial score (nSPS) is 10.3. The maximum absolute atomic E-state index is 11.7. The minimum atomic E-state index is -1.09. The highest BCUT2D eigenvalue weighted by Gasteiger charge is 2.10. The molecule has 0 aliphatic carbocycles. The summed E-state index contributed by atoms with van der Waals surface area (Å²) in [5.41, 5.74) is 0.0256. The Hall–Kier alpha value is -1.92. The van der Waals surface area contributed by atoms with Gasteiger partial charge in [0.05, 0.1) is 29.1 Å². The second kappa shape index (κ2) is 7.19. The van der Waals surface area contributed by atoms with Crippen LogP contribution in [-0.2, 0) is 11.3 Å². The first kappa shape index (κ1) is 15.5. The van der Waals surface area contributed by atoms with Gasteiger partial charge in [-0.05, 0) is 30.3 Å². The van der Waals surface area contributed by atoms with Gasteiger partial charge >= 0.3 is 5.97 Å². The summed E-state index contributed by atoms with van der Waals surface area (Å²) in [5.74, 6) is -0.401. The first-order valence-corrected chi connectivity index (χ1v) is 7.37. The first-order chi connectivity index (χ1) is 10.1. The van der Waals surface area contributed by atoms with Crippen molar-refractivity contribution in [3.8, 4) is 0 Å². The monoisotopic (exact) mass is 325 g/mol. The molecule has 0 aliphatic heterocycles. The summed E-state index contributed by atoms with van der Waals surface area (Å²) in [5, 5.41) is 11.9. The smallest absolute Gasteiger partial charge is 0.337 e. The minimum absolute atomic E-state index is 0.0256. The standard InChI is InChI=1S/C14H12ClNO4S/c15-12-4-3-10(6-11(12)14(18)19)21-8-13(17)16-7-9-2-1-5-20-9/h1-6H,7-8H2,(H,16,17)(H,18,19). The van der Waals surface area contributed by atoms with Crippen LogP contribution in [0.4, 0.5) is 0 Å². The number of thioether (sulfide) groups is 1. The second-order valence-corrected chi connectivity index (χ2v) is 5.55. The molecule has 21 heavy (non-hydrogen) atoms. The molecule has 0 saturated carbocycles. The molecular weight excluding hydrogens is 314 g/mol. The van der Waals surface area contributed by atoms with Gasteiger partial charge in [0.2, 0.25) is 5.91 Å². The fourth-order valence-electron chi connectivity index (χ4n) is 1.56. The van der Waals surface area contributed by atoms with E-state index in [4.69, 9.17) is 21.1 Å². The van der Waals surface area contributed by atoms with E-state index >= 15 is 0 Å². The van der Waals surface area contributed by atoms with Crippen LogP contribution in [0.3, 0.4) is 0 Å². The Morgan fingerprint density at radius 3 is 2.81 bits per heavy atom. The van der Waals surface area contributed by atoms with Crippen molar-refractivity contribution in [1.29, 1.82) is 0 Å². The van der Waals surface area contributed by atoms with Crippen LogP contribution in [0.25, 0.3) is 0 Å². The number of aromatic carboxylic acids is 1. The van der Waals surface area contributed by atoms with Crippen molar-refractivity contribution >= 4 is 35.2 Å². The maximum atomic E-state index is 11.7. The van der Waals surface area contributed by atoms with E-state index in [2.05, 4.69) is 5.32 Å². The number of benzene rings is 1. The molecule has 0 saturated heterocycles. The van der Waals surface area contributed by atoms with Gasteiger partial charge in [0.25, 0.3) is 0 Å². The average Bonchev–Trinajstić information content (AvgIpc) is 2.97. The van der Waals surface area contributed by atoms with E-state index < -0.39 is 5.97 Å². The lowest BCUT2D eigenvalue weighted by molar-refractivity contribution is -0.118. The summed E-state index contributed by atoms with van der Waals surface area (Å²) in [7, 11) is 0. The summed E-state index contributed by atoms with van der Waals surface area (Å²) >= 11 is 7.02. The molecule has 5 nitrogen and oxygen atoms in total. The first-order valence-electron chi connectivity index (χ1n) is 6.01. The highest BCUT2D eigenvalue weighted by Crippen LogP contribution is 2.24. The Bertz CT molecular complexity index is 642. The quantitative estimate of drug-likeness (QED) is 0.798. The highest BCUT2D eigenvalue weighted by atomic mass is 35.5. The number of nitrogens with one attached hydrogen (secondary N) is 1. The van der Waals surface area contributed by atoms with Gasteiger partial charge in [-0.25, -0.2) is 4.79 Å². The zero-order chi connectivity index (χ0) is 15.2. The third kappa shape index (κ3) is 4.54. The number of furan rings is 1. The van der Waals surface area contributed by atoms with Gasteiger partial charge in [-0.2, -0.15) is 0 Å². The highest BCUT2D eigenvalue weighted by molar-refractivity contribution is 8.00. The molecule has 0 atom stereocenters. The molecule has 0 spiro atoms. The number of carboxylic acids is 1. The summed E-state index contributed by atoms with van der Waals surface area (Å²) in [6.45, 7) is 0.327. The van der Waals surface area contributed by atoms with Crippen LogP contribution in [0, 0.1) is 0 Å². The van der Waals surface area contributed by atoms with Gasteiger partial charge in [-0.15, -0.1) is 11.8 Å². The molecule has 110 valence electrons. The van der Waals surface area contributed by atoms with E-state index in [1.54, 1.807) is 18.2 Å². The molecule has 7 heteroatoms. The lowest BCUT2D eigenvalue weighted by Crippen LogP contribution is -2.24. The van der Waals surface area contributed by atoms with Crippen LogP contribution in [0.15, 0.2) is 45.9 Å².